The highest BCUT2D eigenvalue weighted by Gasteiger charge is 2.53. The van der Waals surface area contributed by atoms with Crippen molar-refractivity contribution < 1.29 is 63.0 Å². The molecule has 4 aliphatic rings. The van der Waals surface area contributed by atoms with Gasteiger partial charge in [-0.3, -0.25) is 19.2 Å². The number of fused-ring (bicyclic) bond motifs is 3. The summed E-state index contributed by atoms with van der Waals surface area (Å²) in [6.07, 6.45) is 11.2. The number of hydrogen-bond acceptors (Lipinski definition) is 13. The van der Waals surface area contributed by atoms with Crippen LogP contribution in [-0.4, -0.2) is 132 Å². The fourth-order valence-electron chi connectivity index (χ4n) is 10.1. The summed E-state index contributed by atoms with van der Waals surface area (Å²) < 4.78 is 29.4. The summed E-state index contributed by atoms with van der Waals surface area (Å²) in [5.74, 6) is -7.96. The van der Waals surface area contributed by atoms with Crippen molar-refractivity contribution >= 4 is 29.2 Å². The monoisotopic (exact) mass is 914 g/mol. The first-order valence-corrected chi connectivity index (χ1v) is 23.9. The van der Waals surface area contributed by atoms with Crippen LogP contribution in [0.2, 0.25) is 0 Å². The van der Waals surface area contributed by atoms with Gasteiger partial charge in [-0.15, -0.1) is 0 Å². The van der Waals surface area contributed by atoms with Crippen LogP contribution >= 0.6 is 0 Å². The normalized spacial score (nSPS) is 39.1. The molecule has 3 fully saturated rings. The lowest BCUT2D eigenvalue weighted by molar-refractivity contribution is -0.265. The topological polar surface area (TPSA) is 195 Å². The van der Waals surface area contributed by atoms with Gasteiger partial charge in [0.2, 0.25) is 5.79 Å². The van der Waals surface area contributed by atoms with Crippen molar-refractivity contribution in [3.8, 4) is 0 Å². The number of piperidine rings is 1. The fourth-order valence-corrected chi connectivity index (χ4v) is 10.1. The molecule has 366 valence electrons. The van der Waals surface area contributed by atoms with E-state index >= 15 is 0 Å². The number of carbonyl (C=O) groups is 5. The summed E-state index contributed by atoms with van der Waals surface area (Å²) in [6, 6.07) is -1.14. The van der Waals surface area contributed by atoms with Gasteiger partial charge in [0.05, 0.1) is 24.4 Å². The van der Waals surface area contributed by atoms with E-state index < -0.39 is 83.9 Å². The SMILES string of the molecule is CO[C@H]1CC2CC[C@@H](C)[C@@](O)(O2)C(=O)C(=O)N2CCCCC2C(=O)O[C@H]([C@H](C)C[C@@H]2CC[C@@H](O)[C@H](OC)C2)CC(=O)[C@H](C)/C=C(\C)[C@H](O)[C@@H](OC)C(=O)[C@H](C)C[C@H](C)/C=C/C=CC=C1C. The molecule has 2 unspecified atom stereocenters. The molecule has 14 heteroatoms. The highest BCUT2D eigenvalue weighted by molar-refractivity contribution is 6.39. The van der Waals surface area contributed by atoms with Gasteiger partial charge in [0.25, 0.3) is 11.7 Å². The third kappa shape index (κ3) is 14.3. The number of methoxy groups -OCH3 is 3. The summed E-state index contributed by atoms with van der Waals surface area (Å²) in [7, 11) is 4.52. The van der Waals surface area contributed by atoms with E-state index in [0.717, 1.165) is 12.0 Å². The van der Waals surface area contributed by atoms with Gasteiger partial charge in [-0.1, -0.05) is 71.1 Å². The number of hydrogen-bond donors (Lipinski definition) is 3. The maximum Gasteiger partial charge on any atom is 0.329 e. The number of esters is 1. The smallest absolute Gasteiger partial charge is 0.329 e. The first-order valence-electron chi connectivity index (χ1n) is 23.9. The number of carbonyl (C=O) groups excluding carboxylic acids is 5. The van der Waals surface area contributed by atoms with Gasteiger partial charge in [-0.05, 0) is 107 Å². The molecule has 0 aromatic rings. The van der Waals surface area contributed by atoms with Crippen LogP contribution in [0.15, 0.2) is 47.6 Å². The predicted octanol–water partition coefficient (Wildman–Crippen LogP) is 6.18. The number of aliphatic hydroxyl groups is 3. The van der Waals surface area contributed by atoms with E-state index in [-0.39, 0.29) is 54.8 Å². The molecule has 14 nitrogen and oxygen atoms in total. The second-order valence-corrected chi connectivity index (χ2v) is 19.6. The van der Waals surface area contributed by atoms with Crippen LogP contribution in [0.5, 0.6) is 0 Å². The Bertz CT molecular complexity index is 1760. The number of rotatable bonds is 6. The summed E-state index contributed by atoms with van der Waals surface area (Å²) in [4.78, 5) is 71.8. The number of ether oxygens (including phenoxy) is 5. The Hall–Kier alpha value is -3.37. The maximum atomic E-state index is 14.4. The second kappa shape index (κ2) is 25.1. The average molecular weight is 914 g/mol. The molecular weight excluding hydrogens is 835 g/mol. The Morgan fingerprint density at radius 3 is 2.25 bits per heavy atom. The molecule has 65 heavy (non-hydrogen) atoms. The van der Waals surface area contributed by atoms with Crippen LogP contribution in [0.1, 0.15) is 126 Å². The van der Waals surface area contributed by atoms with Crippen molar-refractivity contribution in [1.82, 2.24) is 4.90 Å². The standard InChI is InChI=1S/C51H79NO13/c1-30-16-12-11-13-17-31(2)42(61-8)28-38-21-19-36(7)51(60,65-38)48(57)49(58)52-23-15-14-18-39(52)50(59)64-43(33(4)26-37-20-22-40(53)44(27-37)62-9)29-41(54)32(3)25-35(6)46(56)47(63-10)45(55)34(5)24-30/h11-13,16-17,25,30,32-34,36-40,42-44,46-47,53,56,60H,14-15,18-24,26-29H2,1-10H3/b13-11?,16-12+,31-17?,35-25+/t30-,32-,33-,34-,36-,37+,38?,39?,40-,42+,43+,44-,46+,47+,51-/m1/s1. The van der Waals surface area contributed by atoms with E-state index in [4.69, 9.17) is 23.7 Å². The van der Waals surface area contributed by atoms with E-state index in [1.54, 1.807) is 41.1 Å². The van der Waals surface area contributed by atoms with Crippen molar-refractivity contribution in [2.45, 2.75) is 180 Å². The Morgan fingerprint density at radius 2 is 1.57 bits per heavy atom. The van der Waals surface area contributed by atoms with Crippen molar-refractivity contribution in [2.75, 3.05) is 27.9 Å². The van der Waals surface area contributed by atoms with Crippen molar-refractivity contribution in [3.63, 3.8) is 0 Å². The van der Waals surface area contributed by atoms with Crippen LogP contribution in [0.3, 0.4) is 0 Å². The van der Waals surface area contributed by atoms with Gasteiger partial charge in [-0.25, -0.2) is 4.79 Å². The van der Waals surface area contributed by atoms with Crippen LogP contribution in [0, 0.1) is 35.5 Å². The molecule has 2 bridgehead atoms. The fraction of sp³-hybridized carbons (Fsp3) is 0.745. The Balaban J connectivity index is 1.70. The number of cyclic esters (lactones) is 1. The molecule has 3 aliphatic heterocycles. The van der Waals surface area contributed by atoms with Gasteiger partial charge in [0, 0.05) is 58.5 Å². The first-order chi connectivity index (χ1) is 30.7. The lowest BCUT2D eigenvalue weighted by Gasteiger charge is -2.42. The highest BCUT2D eigenvalue weighted by Crippen LogP contribution is 2.38. The van der Waals surface area contributed by atoms with Gasteiger partial charge >= 0.3 is 5.97 Å². The molecule has 1 aliphatic carbocycles. The van der Waals surface area contributed by atoms with Gasteiger partial charge < -0.3 is 43.9 Å². The number of nitrogens with zero attached hydrogens (tertiary/aromatic N) is 1. The maximum absolute atomic E-state index is 14.4. The Morgan fingerprint density at radius 1 is 0.846 bits per heavy atom. The zero-order chi connectivity index (χ0) is 48.2. The van der Waals surface area contributed by atoms with E-state index in [1.165, 1.54) is 12.0 Å². The third-order valence-corrected chi connectivity index (χ3v) is 14.5. The quantitative estimate of drug-likeness (QED) is 0.156. The average Bonchev–Trinajstić information content (AvgIpc) is 3.28. The summed E-state index contributed by atoms with van der Waals surface area (Å²) in [5.41, 5.74) is 1.27. The van der Waals surface area contributed by atoms with E-state index in [9.17, 15) is 39.3 Å². The lowest BCUT2D eigenvalue weighted by atomic mass is 9.78. The number of Topliss-reactive ketones (excluding diaryl/α,β-unsaturated/α-hetero) is 3. The summed E-state index contributed by atoms with van der Waals surface area (Å²) in [5, 5.41) is 33.8. The van der Waals surface area contributed by atoms with Crippen molar-refractivity contribution in [2.24, 2.45) is 35.5 Å². The molecule has 4 rings (SSSR count). The number of amides is 1. The van der Waals surface area contributed by atoms with Gasteiger partial charge in [0.15, 0.2) is 5.78 Å². The van der Waals surface area contributed by atoms with Crippen LogP contribution in [-0.2, 0) is 47.7 Å². The van der Waals surface area contributed by atoms with E-state index in [1.807, 2.05) is 58.1 Å². The zero-order valence-corrected chi connectivity index (χ0v) is 40.6. The Kier molecular flexibility index (Phi) is 21.0. The molecule has 1 saturated carbocycles. The number of allylic oxidation sites excluding steroid dienone is 6. The molecule has 0 aromatic carbocycles. The van der Waals surface area contributed by atoms with Gasteiger partial charge in [-0.2, -0.15) is 0 Å². The minimum atomic E-state index is -2.43. The highest BCUT2D eigenvalue weighted by atomic mass is 16.6. The first kappa shape index (κ1) is 54.2. The molecule has 0 radical (unpaired) electrons. The molecular formula is C51H79NO13. The molecule has 3 heterocycles. The number of ketones is 3. The van der Waals surface area contributed by atoms with Gasteiger partial charge in [0.1, 0.15) is 30.1 Å². The molecule has 0 aromatic heterocycles. The predicted molar refractivity (Wildman–Crippen MR) is 245 cm³/mol. The van der Waals surface area contributed by atoms with Crippen molar-refractivity contribution in [3.05, 3.63) is 47.6 Å². The van der Waals surface area contributed by atoms with E-state index in [2.05, 4.69) is 0 Å². The Labute approximate surface area is 387 Å². The second-order valence-electron chi connectivity index (χ2n) is 19.6. The molecule has 2 saturated heterocycles. The van der Waals surface area contributed by atoms with Crippen LogP contribution in [0.25, 0.3) is 0 Å². The minimum absolute atomic E-state index is 0.0193. The zero-order valence-electron chi connectivity index (χ0n) is 40.6. The van der Waals surface area contributed by atoms with Crippen molar-refractivity contribution in [1.29, 1.82) is 0 Å². The number of aliphatic hydroxyl groups excluding tert-OH is 2. The summed E-state index contributed by atoms with van der Waals surface area (Å²) >= 11 is 0. The summed E-state index contributed by atoms with van der Waals surface area (Å²) in [6.45, 7) is 12.7. The van der Waals surface area contributed by atoms with Crippen LogP contribution < -0.4 is 0 Å². The third-order valence-electron chi connectivity index (χ3n) is 14.5. The van der Waals surface area contributed by atoms with E-state index in [0.29, 0.717) is 63.4 Å². The van der Waals surface area contributed by atoms with Crippen LogP contribution in [0.4, 0.5) is 0 Å². The largest absolute Gasteiger partial charge is 0.460 e. The molecule has 3 N–H and O–H groups in total. The molecule has 1 amide bonds. The lowest BCUT2D eigenvalue weighted by Crippen LogP contribution is -2.61. The minimum Gasteiger partial charge on any atom is -0.460 e. The molecule has 0 spiro atoms. The molecule has 15 atom stereocenters.